The smallest absolute Gasteiger partial charge is 0.280 e. The average molecular weight is 377 g/mol. The van der Waals surface area contributed by atoms with Crippen LogP contribution < -0.4 is 9.80 Å². The number of fused-ring (bicyclic) bond motifs is 1. The van der Waals surface area contributed by atoms with Crippen LogP contribution in [0.2, 0.25) is 5.02 Å². The van der Waals surface area contributed by atoms with Gasteiger partial charge in [0.1, 0.15) is 23.7 Å². The zero-order valence-corrected chi connectivity index (χ0v) is 14.4. The SMILES string of the molecule is FC(F)c1cc(N2CCN(c3cnc4cc(Cl)ccc4n3)CC2)ncn1. The van der Waals surface area contributed by atoms with Crippen molar-refractivity contribution in [2.24, 2.45) is 0 Å². The van der Waals surface area contributed by atoms with Crippen LogP contribution in [0.1, 0.15) is 12.1 Å². The summed E-state index contributed by atoms with van der Waals surface area (Å²) in [7, 11) is 0. The maximum Gasteiger partial charge on any atom is 0.280 e. The van der Waals surface area contributed by atoms with Crippen molar-refractivity contribution < 1.29 is 8.78 Å². The first-order valence-electron chi connectivity index (χ1n) is 8.12. The third kappa shape index (κ3) is 3.37. The molecule has 3 heterocycles. The van der Waals surface area contributed by atoms with Gasteiger partial charge >= 0.3 is 0 Å². The monoisotopic (exact) mass is 376 g/mol. The van der Waals surface area contributed by atoms with Crippen LogP contribution in [0.25, 0.3) is 11.0 Å². The van der Waals surface area contributed by atoms with Gasteiger partial charge in [-0.3, -0.25) is 4.98 Å². The molecular formula is C17H15ClF2N6. The molecule has 0 saturated carbocycles. The number of rotatable bonds is 3. The minimum atomic E-state index is -2.60. The Balaban J connectivity index is 1.48. The van der Waals surface area contributed by atoms with Crippen LogP contribution in [0.3, 0.4) is 0 Å². The number of aromatic nitrogens is 4. The van der Waals surface area contributed by atoms with Gasteiger partial charge in [-0.05, 0) is 18.2 Å². The average Bonchev–Trinajstić information content (AvgIpc) is 2.68. The van der Waals surface area contributed by atoms with Crippen LogP contribution in [-0.2, 0) is 0 Å². The van der Waals surface area contributed by atoms with Crippen LogP contribution in [-0.4, -0.2) is 46.1 Å². The van der Waals surface area contributed by atoms with Crippen LogP contribution in [0.5, 0.6) is 0 Å². The summed E-state index contributed by atoms with van der Waals surface area (Å²) in [5.41, 5.74) is 1.28. The highest BCUT2D eigenvalue weighted by Gasteiger charge is 2.21. The molecule has 26 heavy (non-hydrogen) atoms. The Morgan fingerprint density at radius 2 is 1.62 bits per heavy atom. The lowest BCUT2D eigenvalue weighted by molar-refractivity contribution is 0.146. The van der Waals surface area contributed by atoms with Crippen molar-refractivity contribution in [3.05, 3.63) is 47.5 Å². The molecule has 4 rings (SSSR count). The van der Waals surface area contributed by atoms with Gasteiger partial charge in [0, 0.05) is 37.3 Å². The van der Waals surface area contributed by atoms with Crippen LogP contribution >= 0.6 is 11.6 Å². The Morgan fingerprint density at radius 1 is 0.885 bits per heavy atom. The van der Waals surface area contributed by atoms with Crippen molar-refractivity contribution >= 4 is 34.3 Å². The molecule has 0 spiro atoms. The Bertz CT molecular complexity index is 930. The summed E-state index contributed by atoms with van der Waals surface area (Å²) in [6, 6.07) is 6.76. The molecule has 1 fully saturated rings. The second kappa shape index (κ2) is 6.95. The number of halogens is 3. The number of alkyl halides is 2. The molecule has 6 nitrogen and oxygen atoms in total. The molecule has 3 aromatic rings. The number of hydrogen-bond acceptors (Lipinski definition) is 6. The molecular weight excluding hydrogens is 362 g/mol. The van der Waals surface area contributed by atoms with Gasteiger partial charge in [0.05, 0.1) is 17.2 Å². The molecule has 0 N–H and O–H groups in total. The lowest BCUT2D eigenvalue weighted by Crippen LogP contribution is -2.47. The Hall–Kier alpha value is -2.61. The van der Waals surface area contributed by atoms with E-state index in [9.17, 15) is 8.78 Å². The number of nitrogens with zero attached hydrogens (tertiary/aromatic N) is 6. The van der Waals surface area contributed by atoms with E-state index in [-0.39, 0.29) is 5.69 Å². The molecule has 1 saturated heterocycles. The molecule has 1 aromatic carbocycles. The fourth-order valence-electron chi connectivity index (χ4n) is 2.94. The third-order valence-corrected chi connectivity index (χ3v) is 4.55. The normalized spacial score (nSPS) is 15.1. The van der Waals surface area contributed by atoms with E-state index in [2.05, 4.69) is 24.8 Å². The molecule has 134 valence electrons. The van der Waals surface area contributed by atoms with Crippen molar-refractivity contribution in [3.63, 3.8) is 0 Å². The highest BCUT2D eigenvalue weighted by molar-refractivity contribution is 6.31. The summed E-state index contributed by atoms with van der Waals surface area (Å²) < 4.78 is 25.6. The predicted octanol–water partition coefficient (Wildman–Crippen LogP) is 3.34. The van der Waals surface area contributed by atoms with Gasteiger partial charge in [0.25, 0.3) is 6.43 Å². The molecule has 1 aliphatic rings. The Labute approximate surface area is 153 Å². The van der Waals surface area contributed by atoms with E-state index >= 15 is 0 Å². The zero-order valence-electron chi connectivity index (χ0n) is 13.7. The molecule has 0 bridgehead atoms. The summed E-state index contributed by atoms with van der Waals surface area (Å²) in [6.07, 6.45) is 0.316. The van der Waals surface area contributed by atoms with Gasteiger partial charge in [0.15, 0.2) is 0 Å². The number of anilines is 2. The summed E-state index contributed by atoms with van der Waals surface area (Å²) >= 11 is 5.97. The topological polar surface area (TPSA) is 58.0 Å². The Morgan fingerprint density at radius 3 is 2.35 bits per heavy atom. The molecule has 0 atom stereocenters. The van der Waals surface area contributed by atoms with E-state index in [1.807, 2.05) is 11.0 Å². The van der Waals surface area contributed by atoms with Crippen LogP contribution in [0.4, 0.5) is 20.4 Å². The fraction of sp³-hybridized carbons (Fsp3) is 0.294. The van der Waals surface area contributed by atoms with Gasteiger partial charge in [-0.2, -0.15) is 0 Å². The summed E-state index contributed by atoms with van der Waals surface area (Å²) in [4.78, 5) is 20.9. The Kier molecular flexibility index (Phi) is 4.50. The fourth-order valence-corrected chi connectivity index (χ4v) is 3.11. The van der Waals surface area contributed by atoms with Gasteiger partial charge in [-0.15, -0.1) is 0 Å². The summed E-state index contributed by atoms with van der Waals surface area (Å²) in [5.74, 6) is 1.31. The van der Waals surface area contributed by atoms with Crippen LogP contribution in [0, 0.1) is 0 Å². The maximum atomic E-state index is 12.8. The van der Waals surface area contributed by atoms with Crippen molar-refractivity contribution in [1.29, 1.82) is 0 Å². The van der Waals surface area contributed by atoms with Gasteiger partial charge < -0.3 is 9.80 Å². The van der Waals surface area contributed by atoms with E-state index < -0.39 is 6.43 Å². The molecule has 1 aliphatic heterocycles. The molecule has 0 unspecified atom stereocenters. The molecule has 9 heteroatoms. The highest BCUT2D eigenvalue weighted by atomic mass is 35.5. The largest absolute Gasteiger partial charge is 0.353 e. The lowest BCUT2D eigenvalue weighted by Gasteiger charge is -2.36. The van der Waals surface area contributed by atoms with Gasteiger partial charge in [-0.1, -0.05) is 11.6 Å². The van der Waals surface area contributed by atoms with E-state index in [0.29, 0.717) is 37.0 Å². The minimum absolute atomic E-state index is 0.253. The second-order valence-corrected chi connectivity index (χ2v) is 6.37. The van der Waals surface area contributed by atoms with E-state index in [4.69, 9.17) is 11.6 Å². The van der Waals surface area contributed by atoms with E-state index in [0.717, 1.165) is 16.9 Å². The molecule has 0 amide bonds. The highest BCUT2D eigenvalue weighted by Crippen LogP contribution is 2.23. The molecule has 0 radical (unpaired) electrons. The minimum Gasteiger partial charge on any atom is -0.353 e. The third-order valence-electron chi connectivity index (χ3n) is 4.32. The molecule has 0 aliphatic carbocycles. The summed E-state index contributed by atoms with van der Waals surface area (Å²) in [5, 5.41) is 0.626. The van der Waals surface area contributed by atoms with Crippen molar-refractivity contribution in [3.8, 4) is 0 Å². The van der Waals surface area contributed by atoms with Crippen molar-refractivity contribution in [2.75, 3.05) is 36.0 Å². The van der Waals surface area contributed by atoms with E-state index in [1.54, 1.807) is 18.3 Å². The molecule has 2 aromatic heterocycles. The number of piperazine rings is 1. The summed E-state index contributed by atoms with van der Waals surface area (Å²) in [6.45, 7) is 2.70. The first-order valence-corrected chi connectivity index (χ1v) is 8.50. The van der Waals surface area contributed by atoms with Crippen molar-refractivity contribution in [2.45, 2.75) is 6.43 Å². The number of hydrogen-bond donors (Lipinski definition) is 0. The lowest BCUT2D eigenvalue weighted by atomic mass is 10.2. The first kappa shape index (κ1) is 16.8. The predicted molar refractivity (Wildman–Crippen MR) is 96.0 cm³/mol. The first-order chi connectivity index (χ1) is 12.6. The standard InChI is InChI=1S/C17H15ClF2N6/c18-11-1-2-12-13(7-11)21-9-16(24-12)26-5-3-25(4-6-26)15-8-14(17(19)20)22-10-23-15/h1-2,7-10,17H,3-6H2. The van der Waals surface area contributed by atoms with Gasteiger partial charge in [-0.25, -0.2) is 23.7 Å². The van der Waals surface area contributed by atoms with Crippen molar-refractivity contribution in [1.82, 2.24) is 19.9 Å². The zero-order chi connectivity index (χ0) is 18.1. The second-order valence-electron chi connectivity index (χ2n) is 5.94. The maximum absolute atomic E-state index is 12.8. The van der Waals surface area contributed by atoms with E-state index in [1.165, 1.54) is 12.4 Å². The quantitative estimate of drug-likeness (QED) is 0.698. The van der Waals surface area contributed by atoms with Gasteiger partial charge in [0.2, 0.25) is 0 Å². The van der Waals surface area contributed by atoms with Crippen LogP contribution in [0.15, 0.2) is 36.8 Å². The number of benzene rings is 1.